The first-order valence-electron chi connectivity index (χ1n) is 8.85. The van der Waals surface area contributed by atoms with E-state index in [0.29, 0.717) is 12.3 Å². The van der Waals surface area contributed by atoms with Crippen molar-refractivity contribution in [3.8, 4) is 0 Å². The van der Waals surface area contributed by atoms with E-state index in [0.717, 1.165) is 25.7 Å². The zero-order valence-electron chi connectivity index (χ0n) is 15.3. The normalized spacial score (nSPS) is 11.9. The molecule has 0 saturated carbocycles. The molecule has 4 nitrogen and oxygen atoms in total. The summed E-state index contributed by atoms with van der Waals surface area (Å²) in [5, 5.41) is 12.2. The zero-order chi connectivity index (χ0) is 19.8. The number of halogens is 1. The summed E-state index contributed by atoms with van der Waals surface area (Å²) in [4.78, 5) is 11.8. The van der Waals surface area contributed by atoms with Crippen molar-refractivity contribution in [3.05, 3.63) is 70.7 Å². The van der Waals surface area contributed by atoms with Crippen molar-refractivity contribution in [2.45, 2.75) is 27.3 Å². The largest absolute Gasteiger partial charge is 0.355 e. The molecule has 28 heavy (non-hydrogen) atoms. The molecule has 0 saturated heterocycles. The molecule has 1 N–H and O–H groups in total. The fourth-order valence-electron chi connectivity index (χ4n) is 2.44. The number of carbonyl (C=O) groups is 1. The molecule has 3 aromatic rings. The van der Waals surface area contributed by atoms with Gasteiger partial charge in [-0.15, -0.1) is 10.2 Å². The van der Waals surface area contributed by atoms with Crippen LogP contribution >= 0.6 is 46.5 Å². The van der Waals surface area contributed by atoms with E-state index >= 15 is 0 Å². The van der Waals surface area contributed by atoms with Gasteiger partial charge in [-0.1, -0.05) is 95.8 Å². The second-order valence-electron chi connectivity index (χ2n) is 5.93. The molecule has 1 atom stereocenters. The number of benzene rings is 2. The van der Waals surface area contributed by atoms with E-state index in [1.807, 2.05) is 49.4 Å². The highest BCUT2D eigenvalue weighted by molar-refractivity contribution is 8.03. The summed E-state index contributed by atoms with van der Waals surface area (Å²) < 4.78 is 1.68. The maximum absolute atomic E-state index is 11.8. The maximum Gasteiger partial charge on any atom is 0.230 e. The van der Waals surface area contributed by atoms with Crippen molar-refractivity contribution in [2.24, 2.45) is 0 Å². The van der Waals surface area contributed by atoms with Gasteiger partial charge < -0.3 is 5.32 Å². The van der Waals surface area contributed by atoms with Crippen LogP contribution in [-0.4, -0.2) is 28.4 Å². The monoisotopic (exact) mass is 449 g/mol. The maximum atomic E-state index is 11.8. The number of aromatic nitrogens is 2. The summed E-state index contributed by atoms with van der Waals surface area (Å²) in [6, 6.07) is 18.2. The van der Waals surface area contributed by atoms with Crippen LogP contribution in [0.4, 0.5) is 0 Å². The quantitative estimate of drug-likeness (QED) is 0.425. The van der Waals surface area contributed by atoms with Crippen LogP contribution in [-0.2, 0) is 4.79 Å². The van der Waals surface area contributed by atoms with Crippen LogP contribution in [0.25, 0.3) is 0 Å². The number of thioether (sulfide) groups is 2. The molecule has 0 aliphatic heterocycles. The van der Waals surface area contributed by atoms with Gasteiger partial charge in [0.2, 0.25) is 5.91 Å². The predicted octanol–water partition coefficient (Wildman–Crippen LogP) is 5.69. The van der Waals surface area contributed by atoms with Crippen molar-refractivity contribution >= 4 is 52.4 Å². The van der Waals surface area contributed by atoms with Gasteiger partial charge in [-0.25, -0.2) is 0 Å². The summed E-state index contributed by atoms with van der Waals surface area (Å²) in [6.45, 7) is 2.74. The highest BCUT2D eigenvalue weighted by atomic mass is 35.5. The van der Waals surface area contributed by atoms with E-state index in [1.54, 1.807) is 11.8 Å². The number of amides is 1. The van der Waals surface area contributed by atoms with Crippen molar-refractivity contribution in [2.75, 3.05) is 12.3 Å². The lowest BCUT2D eigenvalue weighted by atomic mass is 10.0. The molecule has 1 amide bonds. The van der Waals surface area contributed by atoms with E-state index in [2.05, 4.69) is 27.6 Å². The topological polar surface area (TPSA) is 54.9 Å². The highest BCUT2D eigenvalue weighted by Crippen LogP contribution is 2.42. The Morgan fingerprint density at radius 1 is 1.07 bits per heavy atom. The minimum atomic E-state index is 0.0274. The Balaban J connectivity index is 1.70. The third-order valence-electron chi connectivity index (χ3n) is 3.78. The van der Waals surface area contributed by atoms with E-state index < -0.39 is 0 Å². The first-order chi connectivity index (χ1) is 13.7. The molecular weight excluding hydrogens is 430 g/mol. The number of nitrogens with zero attached hydrogens (tertiary/aromatic N) is 2. The molecule has 1 unspecified atom stereocenters. The Hall–Kier alpha value is -1.54. The summed E-state index contributed by atoms with van der Waals surface area (Å²) in [7, 11) is 0. The molecule has 1 heterocycles. The van der Waals surface area contributed by atoms with Crippen molar-refractivity contribution in [3.63, 3.8) is 0 Å². The SMILES string of the molecule is CCCNC(=O)CSc1nnc(SC(c2ccccc2)c2ccc(Cl)cc2)s1. The molecular formula is C20H20ClN3OS3. The third kappa shape index (κ3) is 6.24. The number of rotatable bonds is 9. The van der Waals surface area contributed by atoms with Gasteiger partial charge in [0.25, 0.3) is 0 Å². The standard InChI is InChI=1S/C20H20ClN3OS3/c1-2-12-22-17(25)13-26-19-23-24-20(28-19)27-18(14-6-4-3-5-7-14)15-8-10-16(21)11-9-15/h3-11,18H,2,12-13H2,1H3,(H,22,25). The Morgan fingerprint density at radius 3 is 2.46 bits per heavy atom. The Kier molecular flexibility index (Phi) is 8.21. The predicted molar refractivity (Wildman–Crippen MR) is 120 cm³/mol. The van der Waals surface area contributed by atoms with Gasteiger partial charge in [0.05, 0.1) is 11.0 Å². The van der Waals surface area contributed by atoms with Gasteiger partial charge in [-0.05, 0) is 29.7 Å². The lowest BCUT2D eigenvalue weighted by Gasteiger charge is -2.16. The molecule has 0 aliphatic rings. The van der Waals surface area contributed by atoms with E-state index in [9.17, 15) is 4.79 Å². The van der Waals surface area contributed by atoms with Crippen LogP contribution in [0.3, 0.4) is 0 Å². The molecule has 0 bridgehead atoms. The number of nitrogens with one attached hydrogen (secondary N) is 1. The first-order valence-corrected chi connectivity index (χ1v) is 11.9. The van der Waals surface area contributed by atoms with Crippen LogP contribution in [0, 0.1) is 0 Å². The summed E-state index contributed by atoms with van der Waals surface area (Å²) in [5.41, 5.74) is 2.35. The van der Waals surface area contributed by atoms with Crippen LogP contribution in [0.5, 0.6) is 0 Å². The average Bonchev–Trinajstić information content (AvgIpc) is 3.18. The summed E-state index contributed by atoms with van der Waals surface area (Å²) in [6.07, 6.45) is 0.932. The van der Waals surface area contributed by atoms with E-state index in [-0.39, 0.29) is 11.2 Å². The fourth-order valence-corrected chi connectivity index (χ4v) is 5.74. The molecule has 0 fully saturated rings. The molecule has 1 aromatic heterocycles. The van der Waals surface area contributed by atoms with Crippen molar-refractivity contribution in [1.82, 2.24) is 15.5 Å². The van der Waals surface area contributed by atoms with Gasteiger partial charge in [-0.2, -0.15) is 0 Å². The molecule has 3 rings (SSSR count). The zero-order valence-corrected chi connectivity index (χ0v) is 18.5. The van der Waals surface area contributed by atoms with Crippen LogP contribution in [0.15, 0.2) is 63.3 Å². The van der Waals surface area contributed by atoms with Crippen LogP contribution < -0.4 is 5.32 Å². The highest BCUT2D eigenvalue weighted by Gasteiger charge is 2.19. The molecule has 0 radical (unpaired) electrons. The summed E-state index contributed by atoms with van der Waals surface area (Å²) in [5.74, 6) is 0.387. The fraction of sp³-hybridized carbons (Fsp3) is 0.250. The second kappa shape index (κ2) is 10.9. The Morgan fingerprint density at radius 2 is 1.75 bits per heavy atom. The first kappa shape index (κ1) is 21.2. The van der Waals surface area contributed by atoms with Crippen molar-refractivity contribution < 1.29 is 4.79 Å². The van der Waals surface area contributed by atoms with E-state index in [1.165, 1.54) is 28.7 Å². The smallest absolute Gasteiger partial charge is 0.230 e. The van der Waals surface area contributed by atoms with Crippen LogP contribution in [0.2, 0.25) is 5.02 Å². The number of carbonyl (C=O) groups excluding carboxylic acids is 1. The van der Waals surface area contributed by atoms with Gasteiger partial charge in [0, 0.05) is 11.6 Å². The number of hydrogen-bond donors (Lipinski definition) is 1. The summed E-state index contributed by atoms with van der Waals surface area (Å²) >= 11 is 10.7. The Labute approximate surface area is 182 Å². The van der Waals surface area contributed by atoms with Gasteiger partial charge in [-0.3, -0.25) is 4.79 Å². The average molecular weight is 450 g/mol. The molecule has 0 aliphatic carbocycles. The van der Waals surface area contributed by atoms with Crippen molar-refractivity contribution in [1.29, 1.82) is 0 Å². The lowest BCUT2D eigenvalue weighted by Crippen LogP contribution is -2.25. The van der Waals surface area contributed by atoms with Gasteiger partial charge in [0.15, 0.2) is 8.68 Å². The number of hydrogen-bond acceptors (Lipinski definition) is 6. The molecule has 2 aromatic carbocycles. The molecule has 146 valence electrons. The van der Waals surface area contributed by atoms with Crippen LogP contribution in [0.1, 0.15) is 29.7 Å². The second-order valence-corrected chi connectivity index (χ2v) is 9.92. The minimum Gasteiger partial charge on any atom is -0.355 e. The Bertz CT molecular complexity index is 887. The minimum absolute atomic E-state index is 0.0274. The molecule has 0 spiro atoms. The van der Waals surface area contributed by atoms with E-state index in [4.69, 9.17) is 11.6 Å². The third-order valence-corrected chi connectivity index (χ3v) is 7.49. The van der Waals surface area contributed by atoms with Gasteiger partial charge in [0.1, 0.15) is 0 Å². The molecule has 8 heteroatoms. The van der Waals surface area contributed by atoms with Gasteiger partial charge >= 0.3 is 0 Å². The lowest BCUT2D eigenvalue weighted by molar-refractivity contribution is -0.118.